The largest absolute Gasteiger partial charge is 0.508 e. The molecule has 2 aliphatic rings. The van der Waals surface area contributed by atoms with Crippen LogP contribution in [0.5, 0.6) is 5.75 Å². The van der Waals surface area contributed by atoms with Crippen molar-refractivity contribution in [2.24, 2.45) is 5.10 Å². The lowest BCUT2D eigenvalue weighted by Gasteiger charge is -2.37. The highest BCUT2D eigenvalue weighted by Gasteiger charge is 2.24. The normalized spacial score (nSPS) is 18.2. The number of rotatable bonds is 5. The Morgan fingerprint density at radius 2 is 1.34 bits per heavy atom. The lowest BCUT2D eigenvalue weighted by Crippen LogP contribution is -2.46. The standard InChI is InChI=1S/C23H31N5O/c1-4-18(2)28-17-27(19(3)24-28)22-7-5-20(6-8-22)25-13-15-26(16-14-25)21-9-11-23(29)12-10-21/h5-12,18,29H,4,13-17H2,1-3H3. The molecule has 0 radical (unpaired) electrons. The summed E-state index contributed by atoms with van der Waals surface area (Å²) in [6.07, 6.45) is 1.10. The molecule has 6 nitrogen and oxygen atoms in total. The van der Waals surface area contributed by atoms with E-state index >= 15 is 0 Å². The van der Waals surface area contributed by atoms with Crippen molar-refractivity contribution in [2.75, 3.05) is 47.5 Å². The van der Waals surface area contributed by atoms with Crippen LogP contribution in [0.15, 0.2) is 53.6 Å². The number of phenols is 1. The molecule has 1 atom stereocenters. The van der Waals surface area contributed by atoms with Gasteiger partial charge >= 0.3 is 0 Å². The molecule has 4 rings (SSSR count). The van der Waals surface area contributed by atoms with Crippen LogP contribution in [0.1, 0.15) is 27.2 Å². The summed E-state index contributed by atoms with van der Waals surface area (Å²) < 4.78 is 0. The van der Waals surface area contributed by atoms with E-state index in [1.165, 1.54) is 17.1 Å². The van der Waals surface area contributed by atoms with E-state index < -0.39 is 0 Å². The summed E-state index contributed by atoms with van der Waals surface area (Å²) in [6.45, 7) is 11.3. The van der Waals surface area contributed by atoms with Crippen molar-refractivity contribution in [3.05, 3.63) is 48.5 Å². The van der Waals surface area contributed by atoms with E-state index in [0.29, 0.717) is 11.8 Å². The van der Waals surface area contributed by atoms with Crippen molar-refractivity contribution in [2.45, 2.75) is 33.2 Å². The highest BCUT2D eigenvalue weighted by Crippen LogP contribution is 2.27. The Morgan fingerprint density at radius 1 is 0.862 bits per heavy atom. The molecule has 0 amide bonds. The van der Waals surface area contributed by atoms with Gasteiger partial charge in [-0.05, 0) is 68.8 Å². The van der Waals surface area contributed by atoms with Crippen LogP contribution in [-0.4, -0.2) is 54.8 Å². The summed E-state index contributed by atoms with van der Waals surface area (Å²) in [5.74, 6) is 1.37. The number of benzene rings is 2. The average Bonchev–Trinajstić information content (AvgIpc) is 3.15. The second-order valence-electron chi connectivity index (χ2n) is 7.92. The molecule has 6 heteroatoms. The van der Waals surface area contributed by atoms with Crippen LogP contribution in [0.2, 0.25) is 0 Å². The van der Waals surface area contributed by atoms with Gasteiger partial charge in [0.2, 0.25) is 0 Å². The molecular weight excluding hydrogens is 362 g/mol. The van der Waals surface area contributed by atoms with Crippen LogP contribution in [0, 0.1) is 0 Å². The SMILES string of the molecule is CCC(C)N1CN(c2ccc(N3CCN(c4ccc(O)cc4)CC3)cc2)C(C)=N1. The van der Waals surface area contributed by atoms with E-state index in [1.54, 1.807) is 12.1 Å². The van der Waals surface area contributed by atoms with Crippen molar-refractivity contribution in [1.82, 2.24) is 5.01 Å². The van der Waals surface area contributed by atoms with Gasteiger partial charge in [0.1, 0.15) is 18.3 Å². The first-order valence-corrected chi connectivity index (χ1v) is 10.5. The van der Waals surface area contributed by atoms with E-state index in [4.69, 9.17) is 5.10 Å². The van der Waals surface area contributed by atoms with Crippen LogP contribution in [-0.2, 0) is 0 Å². The molecule has 154 valence electrons. The Kier molecular flexibility index (Phi) is 5.51. The third-order valence-corrected chi connectivity index (χ3v) is 6.07. The van der Waals surface area contributed by atoms with Gasteiger partial charge < -0.3 is 19.8 Å². The maximum atomic E-state index is 9.48. The predicted octanol–water partition coefficient (Wildman–Crippen LogP) is 3.93. The first-order valence-electron chi connectivity index (χ1n) is 10.5. The molecule has 0 bridgehead atoms. The zero-order valence-electron chi connectivity index (χ0n) is 17.6. The molecule has 2 aromatic rings. The Balaban J connectivity index is 1.37. The molecule has 29 heavy (non-hydrogen) atoms. The van der Waals surface area contributed by atoms with Crippen molar-refractivity contribution in [3.8, 4) is 5.75 Å². The number of aromatic hydroxyl groups is 1. The molecule has 2 aliphatic heterocycles. The number of hydrogen-bond acceptors (Lipinski definition) is 6. The second-order valence-corrected chi connectivity index (χ2v) is 7.92. The number of nitrogens with zero attached hydrogens (tertiary/aromatic N) is 5. The summed E-state index contributed by atoms with van der Waals surface area (Å²) in [7, 11) is 0. The summed E-state index contributed by atoms with van der Waals surface area (Å²) in [4.78, 5) is 7.09. The van der Waals surface area contributed by atoms with Gasteiger partial charge in [-0.2, -0.15) is 5.10 Å². The summed E-state index contributed by atoms with van der Waals surface area (Å²) >= 11 is 0. The number of hydrazone groups is 1. The minimum atomic E-state index is 0.318. The van der Waals surface area contributed by atoms with Gasteiger partial charge in [-0.15, -0.1) is 0 Å². The third-order valence-electron chi connectivity index (χ3n) is 6.07. The first kappa shape index (κ1) is 19.4. The van der Waals surface area contributed by atoms with E-state index in [-0.39, 0.29) is 0 Å². The zero-order valence-corrected chi connectivity index (χ0v) is 17.6. The lowest BCUT2D eigenvalue weighted by atomic mass is 10.2. The molecule has 1 fully saturated rings. The van der Waals surface area contributed by atoms with E-state index in [9.17, 15) is 5.11 Å². The van der Waals surface area contributed by atoms with Gasteiger partial charge in [0.15, 0.2) is 0 Å². The quantitative estimate of drug-likeness (QED) is 0.834. The topological polar surface area (TPSA) is 45.5 Å². The summed E-state index contributed by atoms with van der Waals surface area (Å²) in [6, 6.07) is 16.8. The fourth-order valence-corrected chi connectivity index (χ4v) is 3.97. The Morgan fingerprint density at radius 3 is 1.86 bits per heavy atom. The summed E-state index contributed by atoms with van der Waals surface area (Å²) in [5, 5.41) is 16.4. The molecule has 0 aliphatic carbocycles. The smallest absolute Gasteiger partial charge is 0.127 e. The number of hydrogen-bond donors (Lipinski definition) is 1. The third kappa shape index (κ3) is 4.11. The molecule has 2 heterocycles. The van der Waals surface area contributed by atoms with Gasteiger partial charge in [-0.25, -0.2) is 0 Å². The highest BCUT2D eigenvalue weighted by atomic mass is 16.3. The fraction of sp³-hybridized carbons (Fsp3) is 0.435. The first-order chi connectivity index (χ1) is 14.0. The van der Waals surface area contributed by atoms with E-state index in [1.807, 2.05) is 12.1 Å². The lowest BCUT2D eigenvalue weighted by molar-refractivity contribution is 0.236. The maximum absolute atomic E-state index is 9.48. The van der Waals surface area contributed by atoms with Gasteiger partial charge in [0.05, 0.1) is 0 Å². The van der Waals surface area contributed by atoms with E-state index in [0.717, 1.165) is 45.1 Å². The van der Waals surface area contributed by atoms with Crippen LogP contribution in [0.25, 0.3) is 0 Å². The van der Waals surface area contributed by atoms with Gasteiger partial charge in [-0.3, -0.25) is 5.01 Å². The number of piperazine rings is 1. The number of phenolic OH excluding ortho intramolecular Hbond substituents is 1. The van der Waals surface area contributed by atoms with Gasteiger partial charge in [0.25, 0.3) is 0 Å². The molecule has 1 N–H and O–H groups in total. The fourth-order valence-electron chi connectivity index (χ4n) is 3.97. The number of anilines is 3. The molecule has 2 aromatic carbocycles. The molecule has 1 saturated heterocycles. The highest BCUT2D eigenvalue weighted by molar-refractivity contribution is 5.97. The summed E-state index contributed by atoms with van der Waals surface area (Å²) in [5.41, 5.74) is 3.64. The van der Waals surface area contributed by atoms with Crippen LogP contribution >= 0.6 is 0 Å². The van der Waals surface area contributed by atoms with Crippen LogP contribution < -0.4 is 14.7 Å². The average molecular weight is 394 g/mol. The van der Waals surface area contributed by atoms with Gasteiger partial charge in [0, 0.05) is 49.3 Å². The van der Waals surface area contributed by atoms with Crippen molar-refractivity contribution < 1.29 is 5.11 Å². The zero-order chi connectivity index (χ0) is 20.4. The molecular formula is C23H31N5O. The van der Waals surface area contributed by atoms with Crippen molar-refractivity contribution >= 4 is 22.9 Å². The molecule has 1 unspecified atom stereocenters. The maximum Gasteiger partial charge on any atom is 0.127 e. The minimum Gasteiger partial charge on any atom is -0.508 e. The van der Waals surface area contributed by atoms with Crippen molar-refractivity contribution in [3.63, 3.8) is 0 Å². The monoisotopic (exact) mass is 393 g/mol. The minimum absolute atomic E-state index is 0.318. The Labute approximate surface area is 173 Å². The van der Waals surface area contributed by atoms with Gasteiger partial charge in [-0.1, -0.05) is 6.92 Å². The Bertz CT molecular complexity index is 841. The van der Waals surface area contributed by atoms with Crippen LogP contribution in [0.3, 0.4) is 0 Å². The molecule has 0 saturated carbocycles. The van der Waals surface area contributed by atoms with Crippen molar-refractivity contribution in [1.29, 1.82) is 0 Å². The Hall–Kier alpha value is -2.89. The van der Waals surface area contributed by atoms with Crippen LogP contribution in [0.4, 0.5) is 17.1 Å². The number of amidine groups is 1. The predicted molar refractivity (Wildman–Crippen MR) is 121 cm³/mol. The van der Waals surface area contributed by atoms with E-state index in [2.05, 4.69) is 64.7 Å². The second kappa shape index (κ2) is 8.23. The molecule has 0 aromatic heterocycles. The molecule has 0 spiro atoms.